The van der Waals surface area contributed by atoms with E-state index in [4.69, 9.17) is 33.8 Å². The molecule has 2 aromatic carbocycles. The molecule has 286 valence electrons. The molecule has 0 saturated carbocycles. The highest BCUT2D eigenvalue weighted by molar-refractivity contribution is 6.04. The number of methoxy groups -OCH3 is 2. The largest absolute Gasteiger partial charge is 0.493 e. The number of nitrogens with zero attached hydrogens (tertiary/aromatic N) is 5. The van der Waals surface area contributed by atoms with Gasteiger partial charge in [-0.15, -0.1) is 0 Å². The minimum absolute atomic E-state index is 0.00285. The molecule has 0 spiro atoms. The van der Waals surface area contributed by atoms with Crippen LogP contribution in [0.4, 0.5) is 11.4 Å². The van der Waals surface area contributed by atoms with Crippen LogP contribution in [0.1, 0.15) is 71.6 Å². The van der Waals surface area contributed by atoms with Gasteiger partial charge in [0, 0.05) is 56.2 Å². The maximum Gasteiger partial charge on any atom is 0.303 e. The summed E-state index contributed by atoms with van der Waals surface area (Å²) in [6.07, 6.45) is 9.47. The van der Waals surface area contributed by atoms with Crippen LogP contribution in [0, 0.1) is 0 Å². The molecule has 1 N–H and O–H groups in total. The molecule has 1 aromatic heterocycles. The third-order valence-electron chi connectivity index (χ3n) is 10.1. The standard InChI is InChI=1S/C41H43N5O9/c1-5-24-10-28-18-42-33-16-37(35(51-3)14-31(33)40(49)45(28)20-24)54-22-26-12-30(53-9-7-8-39(47)48)13-27(44-26)23-55-38-17-34-32(15-36(38)52-4)41(50)46-21-25(6-2)11-29(46)19-43-34/h5-6,12-19,28-29H,7-11,20-23H2,1-4H3,(H,47,48)/b24-5+,25-6+. The average molecular weight is 750 g/mol. The number of ether oxygens (including phenoxy) is 5. The van der Waals surface area contributed by atoms with Crippen LogP contribution < -0.4 is 23.7 Å². The highest BCUT2D eigenvalue weighted by Crippen LogP contribution is 2.41. The van der Waals surface area contributed by atoms with Gasteiger partial charge in [0.25, 0.3) is 11.8 Å². The lowest BCUT2D eigenvalue weighted by Gasteiger charge is -2.20. The zero-order valence-corrected chi connectivity index (χ0v) is 31.2. The van der Waals surface area contributed by atoms with Gasteiger partial charge in [-0.2, -0.15) is 0 Å². The third kappa shape index (κ3) is 7.89. The Morgan fingerprint density at radius 2 is 1.24 bits per heavy atom. The fraction of sp³-hybridized carbons (Fsp3) is 0.366. The molecule has 0 bridgehead atoms. The Hall–Kier alpha value is -6.18. The summed E-state index contributed by atoms with van der Waals surface area (Å²) in [5, 5.41) is 9.09. The third-order valence-corrected chi connectivity index (χ3v) is 10.1. The van der Waals surface area contributed by atoms with E-state index >= 15 is 0 Å². The van der Waals surface area contributed by atoms with Crippen LogP contribution in [-0.2, 0) is 18.0 Å². The van der Waals surface area contributed by atoms with E-state index in [1.165, 1.54) is 25.4 Å². The van der Waals surface area contributed by atoms with Gasteiger partial charge < -0.3 is 38.6 Å². The molecular formula is C41H43N5O9. The van der Waals surface area contributed by atoms with Crippen LogP contribution in [0.15, 0.2) is 69.7 Å². The molecule has 2 saturated heterocycles. The summed E-state index contributed by atoms with van der Waals surface area (Å²) >= 11 is 0. The molecule has 2 fully saturated rings. The van der Waals surface area contributed by atoms with Crippen LogP contribution in [0.25, 0.3) is 0 Å². The number of allylic oxidation sites excluding steroid dienone is 2. The molecule has 4 aliphatic rings. The Morgan fingerprint density at radius 1 is 0.745 bits per heavy atom. The first-order chi connectivity index (χ1) is 26.7. The van der Waals surface area contributed by atoms with E-state index in [9.17, 15) is 14.4 Å². The quantitative estimate of drug-likeness (QED) is 0.156. The fourth-order valence-electron chi connectivity index (χ4n) is 7.10. The Morgan fingerprint density at radius 3 is 1.67 bits per heavy atom. The van der Waals surface area contributed by atoms with Crippen LogP contribution in [0.2, 0.25) is 0 Å². The molecule has 0 aliphatic carbocycles. The molecule has 14 nitrogen and oxygen atoms in total. The normalized spacial score (nSPS) is 19.8. The number of fused-ring (bicyclic) bond motifs is 4. The van der Waals surface area contributed by atoms with Crippen molar-refractivity contribution in [2.45, 2.75) is 64.8 Å². The highest BCUT2D eigenvalue weighted by Gasteiger charge is 2.36. The lowest BCUT2D eigenvalue weighted by Crippen LogP contribution is -2.35. The van der Waals surface area contributed by atoms with Crippen molar-refractivity contribution in [1.29, 1.82) is 0 Å². The number of carboxylic acids is 1. The summed E-state index contributed by atoms with van der Waals surface area (Å²) < 4.78 is 29.7. The molecule has 2 atom stereocenters. The van der Waals surface area contributed by atoms with Crippen molar-refractivity contribution in [3.63, 3.8) is 0 Å². The minimum Gasteiger partial charge on any atom is -0.493 e. The van der Waals surface area contributed by atoms with Crippen molar-refractivity contribution in [3.05, 3.63) is 82.2 Å². The van der Waals surface area contributed by atoms with Crippen LogP contribution in [0.5, 0.6) is 28.7 Å². The first-order valence-electron chi connectivity index (χ1n) is 18.2. The van der Waals surface area contributed by atoms with E-state index in [2.05, 4.69) is 9.98 Å². The number of hydrogen-bond donors (Lipinski definition) is 1. The van der Waals surface area contributed by atoms with Crippen LogP contribution in [-0.4, -0.2) is 96.1 Å². The average Bonchev–Trinajstić information content (AvgIpc) is 3.76. The first-order valence-corrected chi connectivity index (χ1v) is 18.2. The number of benzene rings is 2. The molecule has 4 aliphatic heterocycles. The minimum atomic E-state index is -0.908. The second-order valence-corrected chi connectivity index (χ2v) is 13.6. The number of amides is 2. The number of carbonyl (C=O) groups is 3. The molecule has 3 aromatic rings. The molecule has 55 heavy (non-hydrogen) atoms. The van der Waals surface area contributed by atoms with Gasteiger partial charge in [-0.05, 0) is 45.2 Å². The highest BCUT2D eigenvalue weighted by atomic mass is 16.5. The van der Waals surface area contributed by atoms with Crippen molar-refractivity contribution in [1.82, 2.24) is 14.8 Å². The van der Waals surface area contributed by atoms with Crippen LogP contribution >= 0.6 is 0 Å². The number of aliphatic carboxylic acids is 1. The number of hydrogen-bond acceptors (Lipinski definition) is 11. The van der Waals surface area contributed by atoms with Gasteiger partial charge in [-0.1, -0.05) is 23.3 Å². The van der Waals surface area contributed by atoms with Gasteiger partial charge in [0.05, 0.1) is 66.8 Å². The van der Waals surface area contributed by atoms with E-state index in [0.29, 0.717) is 82.1 Å². The second-order valence-electron chi connectivity index (χ2n) is 13.6. The number of aliphatic imine (C=N–C) groups is 2. The van der Waals surface area contributed by atoms with E-state index in [1.54, 1.807) is 48.8 Å². The van der Waals surface area contributed by atoms with E-state index < -0.39 is 5.97 Å². The van der Waals surface area contributed by atoms with Gasteiger partial charge in [0.2, 0.25) is 0 Å². The Kier molecular flexibility index (Phi) is 10.8. The van der Waals surface area contributed by atoms with Crippen molar-refractivity contribution in [2.75, 3.05) is 33.9 Å². The number of carbonyl (C=O) groups excluding carboxylic acids is 2. The molecule has 2 amide bonds. The summed E-state index contributed by atoms with van der Waals surface area (Å²) in [7, 11) is 3.02. The Balaban J connectivity index is 1.12. The van der Waals surface area contributed by atoms with Crippen molar-refractivity contribution in [2.24, 2.45) is 9.98 Å². The Labute approximate surface area is 318 Å². The molecular weight excluding hydrogens is 706 g/mol. The summed E-state index contributed by atoms with van der Waals surface area (Å²) in [6, 6.07) is 9.89. The van der Waals surface area contributed by atoms with Crippen molar-refractivity contribution < 1.29 is 43.2 Å². The SMILES string of the molecule is C/C=C1\CC2C=Nc3cc(OCc4cc(OCCCC(=O)O)cc(COc5cc6c(cc5OC)C(=O)N5C/C(=C/C)CC5C=N6)n4)c(OC)cc3C(=O)N2C1. The predicted molar refractivity (Wildman–Crippen MR) is 204 cm³/mol. The van der Waals surface area contributed by atoms with Crippen LogP contribution in [0.3, 0.4) is 0 Å². The van der Waals surface area contributed by atoms with E-state index in [1.807, 2.05) is 35.8 Å². The fourth-order valence-corrected chi connectivity index (χ4v) is 7.10. The molecule has 7 rings (SSSR count). The lowest BCUT2D eigenvalue weighted by atomic mass is 10.1. The van der Waals surface area contributed by atoms with Gasteiger partial charge in [-0.3, -0.25) is 29.4 Å². The lowest BCUT2D eigenvalue weighted by molar-refractivity contribution is -0.137. The molecule has 2 unspecified atom stereocenters. The molecule has 14 heteroatoms. The summed E-state index contributed by atoms with van der Waals surface area (Å²) in [5.74, 6) is 0.799. The second kappa shape index (κ2) is 16.0. The summed E-state index contributed by atoms with van der Waals surface area (Å²) in [5.41, 5.74) is 5.21. The Bertz CT molecular complexity index is 2010. The number of carboxylic acid groups (broad SMARTS) is 1. The summed E-state index contributed by atoms with van der Waals surface area (Å²) in [4.78, 5) is 55.9. The smallest absolute Gasteiger partial charge is 0.303 e. The maximum atomic E-state index is 13.5. The monoisotopic (exact) mass is 749 g/mol. The number of rotatable bonds is 13. The van der Waals surface area contributed by atoms with Gasteiger partial charge in [0.15, 0.2) is 23.0 Å². The predicted octanol–water partition coefficient (Wildman–Crippen LogP) is 6.25. The van der Waals surface area contributed by atoms with Crippen molar-refractivity contribution in [3.8, 4) is 28.7 Å². The number of pyridine rings is 1. The zero-order valence-electron chi connectivity index (χ0n) is 31.2. The number of aromatic nitrogens is 1. The van der Waals surface area contributed by atoms with Crippen molar-refractivity contribution >= 4 is 41.6 Å². The molecule has 0 radical (unpaired) electrons. The zero-order chi connectivity index (χ0) is 38.6. The van der Waals surface area contributed by atoms with E-state index in [0.717, 1.165) is 12.8 Å². The summed E-state index contributed by atoms with van der Waals surface area (Å²) in [6.45, 7) is 5.24. The maximum absolute atomic E-state index is 13.5. The van der Waals surface area contributed by atoms with Gasteiger partial charge >= 0.3 is 5.97 Å². The first kappa shape index (κ1) is 37.1. The molecule has 5 heterocycles. The van der Waals surface area contributed by atoms with E-state index in [-0.39, 0.29) is 50.1 Å². The van der Waals surface area contributed by atoms with Gasteiger partial charge in [0.1, 0.15) is 19.0 Å². The van der Waals surface area contributed by atoms with Gasteiger partial charge in [-0.25, -0.2) is 0 Å². The topological polar surface area (TPSA) is 162 Å².